The number of nitrogens with two attached hydrogens (primary N) is 1. The zero-order valence-corrected chi connectivity index (χ0v) is 17.0. The molecule has 2 N–H and O–H groups in total. The summed E-state index contributed by atoms with van der Waals surface area (Å²) < 4.78 is 38.0. The number of aromatic nitrogens is 3. The van der Waals surface area contributed by atoms with Crippen LogP contribution in [0.15, 0.2) is 13.9 Å². The SMILES string of the molecule is Cc1noc(C)c1S(=O)(=O)N1CCCC(c2nc(C3(N)CCC3)no2)C1.Cl. The molecule has 1 saturated carbocycles. The number of hydrogen-bond acceptors (Lipinski definition) is 8. The van der Waals surface area contributed by atoms with Crippen molar-refractivity contribution in [1.29, 1.82) is 0 Å². The molecule has 0 amide bonds. The van der Waals surface area contributed by atoms with Crippen molar-refractivity contribution in [2.24, 2.45) is 5.73 Å². The maximum Gasteiger partial charge on any atom is 0.248 e. The van der Waals surface area contributed by atoms with Crippen molar-refractivity contribution in [3.63, 3.8) is 0 Å². The Morgan fingerprint density at radius 2 is 1.93 bits per heavy atom. The lowest BCUT2D eigenvalue weighted by atomic mass is 9.77. The number of halogens is 1. The Kier molecular flexibility index (Phi) is 5.37. The van der Waals surface area contributed by atoms with Crippen LogP contribution in [0, 0.1) is 13.8 Å². The van der Waals surface area contributed by atoms with Crippen LogP contribution in [0.4, 0.5) is 0 Å². The molecule has 2 aliphatic rings. The molecule has 3 heterocycles. The van der Waals surface area contributed by atoms with Crippen LogP contribution in [0.5, 0.6) is 0 Å². The molecule has 2 aromatic heterocycles. The first-order chi connectivity index (χ1) is 12.3. The van der Waals surface area contributed by atoms with E-state index >= 15 is 0 Å². The number of nitrogens with zero attached hydrogens (tertiary/aromatic N) is 4. The van der Waals surface area contributed by atoms with Crippen LogP contribution in [-0.4, -0.2) is 41.1 Å². The molecule has 1 saturated heterocycles. The summed E-state index contributed by atoms with van der Waals surface area (Å²) in [6.45, 7) is 3.99. The standard InChI is InChI=1S/C16H23N5O4S.ClH/c1-10-13(11(2)24-19-10)26(22,23)21-8-3-5-12(9-21)14-18-15(20-25-14)16(17)6-4-7-16;/h12H,3-9,17H2,1-2H3;1H. The van der Waals surface area contributed by atoms with Crippen LogP contribution in [0.25, 0.3) is 0 Å². The van der Waals surface area contributed by atoms with Crippen LogP contribution in [0.3, 0.4) is 0 Å². The largest absolute Gasteiger partial charge is 0.360 e. The van der Waals surface area contributed by atoms with Gasteiger partial charge in [0.25, 0.3) is 0 Å². The monoisotopic (exact) mass is 417 g/mol. The predicted octanol–water partition coefficient (Wildman–Crippen LogP) is 2.00. The summed E-state index contributed by atoms with van der Waals surface area (Å²) in [6, 6.07) is 0. The summed E-state index contributed by atoms with van der Waals surface area (Å²) in [5.41, 5.74) is 6.14. The average molecular weight is 418 g/mol. The second-order valence-electron chi connectivity index (χ2n) is 7.32. The Hall–Kier alpha value is -1.49. The molecule has 0 spiro atoms. The summed E-state index contributed by atoms with van der Waals surface area (Å²) in [6.07, 6.45) is 4.28. The van der Waals surface area contributed by atoms with Gasteiger partial charge in [-0.2, -0.15) is 9.29 Å². The molecule has 1 aliphatic heterocycles. The van der Waals surface area contributed by atoms with E-state index in [1.807, 2.05) is 0 Å². The molecule has 4 rings (SSSR count). The minimum atomic E-state index is -3.67. The van der Waals surface area contributed by atoms with E-state index in [-0.39, 0.29) is 23.2 Å². The van der Waals surface area contributed by atoms with Crippen LogP contribution < -0.4 is 5.73 Å². The zero-order chi connectivity index (χ0) is 18.5. The van der Waals surface area contributed by atoms with E-state index in [1.165, 1.54) is 4.31 Å². The van der Waals surface area contributed by atoms with E-state index < -0.39 is 15.6 Å². The van der Waals surface area contributed by atoms with Gasteiger partial charge in [-0.05, 0) is 46.0 Å². The molecule has 11 heteroatoms. The fourth-order valence-electron chi connectivity index (χ4n) is 3.72. The smallest absolute Gasteiger partial charge is 0.248 e. The number of aryl methyl sites for hydroxylation is 2. The molecule has 27 heavy (non-hydrogen) atoms. The van der Waals surface area contributed by atoms with Crippen molar-refractivity contribution < 1.29 is 17.5 Å². The normalized spacial score (nSPS) is 22.9. The van der Waals surface area contributed by atoms with Crippen molar-refractivity contribution in [2.45, 2.75) is 62.3 Å². The number of sulfonamides is 1. The fraction of sp³-hybridized carbons (Fsp3) is 0.688. The first-order valence-electron chi connectivity index (χ1n) is 8.87. The van der Waals surface area contributed by atoms with Crippen LogP contribution in [0.2, 0.25) is 0 Å². The van der Waals surface area contributed by atoms with Gasteiger partial charge in [-0.3, -0.25) is 0 Å². The van der Waals surface area contributed by atoms with E-state index in [0.29, 0.717) is 36.3 Å². The van der Waals surface area contributed by atoms with Crippen molar-refractivity contribution >= 4 is 22.4 Å². The Balaban J connectivity index is 0.00000210. The van der Waals surface area contributed by atoms with E-state index in [4.69, 9.17) is 14.8 Å². The Labute approximate surface area is 164 Å². The quantitative estimate of drug-likeness (QED) is 0.799. The summed E-state index contributed by atoms with van der Waals surface area (Å²) in [7, 11) is -3.67. The fourth-order valence-corrected chi connectivity index (χ4v) is 5.53. The maximum atomic E-state index is 13.0. The third kappa shape index (κ3) is 3.39. The van der Waals surface area contributed by atoms with Gasteiger partial charge >= 0.3 is 0 Å². The van der Waals surface area contributed by atoms with E-state index in [2.05, 4.69) is 15.3 Å². The van der Waals surface area contributed by atoms with Gasteiger partial charge in [0, 0.05) is 13.1 Å². The van der Waals surface area contributed by atoms with Gasteiger partial charge in [0.05, 0.1) is 11.5 Å². The molecule has 1 unspecified atom stereocenters. The molecular weight excluding hydrogens is 394 g/mol. The molecule has 0 aromatic carbocycles. The first kappa shape index (κ1) is 20.2. The molecule has 0 radical (unpaired) electrons. The summed E-state index contributed by atoms with van der Waals surface area (Å²) in [4.78, 5) is 4.64. The Morgan fingerprint density at radius 3 is 2.52 bits per heavy atom. The highest BCUT2D eigenvalue weighted by Gasteiger charge is 2.41. The topological polar surface area (TPSA) is 128 Å². The third-order valence-corrected chi connectivity index (χ3v) is 7.54. The lowest BCUT2D eigenvalue weighted by Gasteiger charge is -2.34. The molecule has 2 aromatic rings. The first-order valence-corrected chi connectivity index (χ1v) is 10.3. The number of piperidine rings is 1. The second kappa shape index (κ2) is 7.16. The van der Waals surface area contributed by atoms with Crippen LogP contribution >= 0.6 is 12.4 Å². The van der Waals surface area contributed by atoms with Crippen molar-refractivity contribution in [1.82, 2.24) is 19.6 Å². The van der Waals surface area contributed by atoms with Crippen molar-refractivity contribution in [3.8, 4) is 0 Å². The van der Waals surface area contributed by atoms with Gasteiger partial charge < -0.3 is 14.8 Å². The van der Waals surface area contributed by atoms with E-state index in [9.17, 15) is 8.42 Å². The van der Waals surface area contributed by atoms with Crippen LogP contribution in [0.1, 0.15) is 61.2 Å². The van der Waals surface area contributed by atoms with Gasteiger partial charge in [-0.15, -0.1) is 12.4 Å². The second-order valence-corrected chi connectivity index (χ2v) is 9.20. The zero-order valence-electron chi connectivity index (χ0n) is 15.3. The average Bonchev–Trinajstić information content (AvgIpc) is 3.20. The van der Waals surface area contributed by atoms with Crippen LogP contribution in [-0.2, 0) is 15.6 Å². The molecule has 150 valence electrons. The summed E-state index contributed by atoms with van der Waals surface area (Å²) >= 11 is 0. The highest BCUT2D eigenvalue weighted by atomic mass is 35.5. The minimum absolute atomic E-state index is 0. The van der Waals surface area contributed by atoms with Gasteiger partial charge in [0.1, 0.15) is 10.6 Å². The number of rotatable bonds is 4. The molecule has 9 nitrogen and oxygen atoms in total. The third-order valence-electron chi connectivity index (χ3n) is 5.43. The highest BCUT2D eigenvalue weighted by molar-refractivity contribution is 7.89. The minimum Gasteiger partial charge on any atom is -0.360 e. The Bertz CT molecular complexity index is 902. The molecule has 1 atom stereocenters. The predicted molar refractivity (Wildman–Crippen MR) is 98.0 cm³/mol. The van der Waals surface area contributed by atoms with Crippen molar-refractivity contribution in [3.05, 3.63) is 23.2 Å². The summed E-state index contributed by atoms with van der Waals surface area (Å²) in [5.74, 6) is 1.17. The van der Waals surface area contributed by atoms with E-state index in [0.717, 1.165) is 32.1 Å². The van der Waals surface area contributed by atoms with Gasteiger partial charge in [0.2, 0.25) is 15.9 Å². The van der Waals surface area contributed by atoms with Gasteiger partial charge in [0.15, 0.2) is 11.6 Å². The molecule has 0 bridgehead atoms. The lowest BCUT2D eigenvalue weighted by molar-refractivity contribution is 0.226. The molecule has 1 aliphatic carbocycles. The molecule has 2 fully saturated rings. The van der Waals surface area contributed by atoms with Gasteiger partial charge in [-0.25, -0.2) is 8.42 Å². The maximum absolute atomic E-state index is 13.0. The summed E-state index contributed by atoms with van der Waals surface area (Å²) in [5, 5.41) is 7.81. The lowest BCUT2D eigenvalue weighted by Crippen LogP contribution is -2.44. The molecular formula is C16H24ClN5O4S. The highest BCUT2D eigenvalue weighted by Crippen LogP contribution is 2.38. The number of hydrogen-bond donors (Lipinski definition) is 1. The van der Waals surface area contributed by atoms with Gasteiger partial charge in [-0.1, -0.05) is 10.3 Å². The van der Waals surface area contributed by atoms with Crippen molar-refractivity contribution in [2.75, 3.05) is 13.1 Å². The Morgan fingerprint density at radius 1 is 1.19 bits per heavy atom. The van der Waals surface area contributed by atoms with E-state index in [1.54, 1.807) is 13.8 Å².